The van der Waals surface area contributed by atoms with Crippen LogP contribution in [0.3, 0.4) is 0 Å². The fourth-order valence-corrected chi connectivity index (χ4v) is 4.02. The second kappa shape index (κ2) is 10.3. The molecular weight excluding hydrogens is 404 g/mol. The number of ether oxygens (including phenoxy) is 3. The van der Waals surface area contributed by atoms with Crippen molar-refractivity contribution in [1.29, 1.82) is 0 Å². The molecule has 1 N–H and O–H groups in total. The van der Waals surface area contributed by atoms with Crippen molar-refractivity contribution in [3.05, 3.63) is 54.7 Å². The van der Waals surface area contributed by atoms with Crippen molar-refractivity contribution in [3.8, 4) is 17.2 Å². The largest absolute Gasteiger partial charge is 0.491 e. The molecule has 0 aliphatic heterocycles. The van der Waals surface area contributed by atoms with E-state index in [1.807, 2.05) is 44.2 Å². The lowest BCUT2D eigenvalue weighted by atomic mass is 10.2. The van der Waals surface area contributed by atoms with Gasteiger partial charge >= 0.3 is 0 Å². The number of aromatic nitrogens is 1. The van der Waals surface area contributed by atoms with Crippen molar-refractivity contribution in [2.75, 3.05) is 26.4 Å². The van der Waals surface area contributed by atoms with Crippen LogP contribution >= 0.6 is 0 Å². The van der Waals surface area contributed by atoms with Gasteiger partial charge in [0.05, 0.1) is 24.7 Å². The second-order valence-electron chi connectivity index (χ2n) is 6.41. The van der Waals surface area contributed by atoms with Gasteiger partial charge in [-0.15, -0.1) is 0 Å². The van der Waals surface area contributed by atoms with Gasteiger partial charge < -0.3 is 14.2 Å². The molecule has 0 aliphatic carbocycles. The number of pyridine rings is 1. The van der Waals surface area contributed by atoms with E-state index in [2.05, 4.69) is 9.71 Å². The molecule has 160 valence electrons. The molecule has 3 aromatic rings. The van der Waals surface area contributed by atoms with Crippen molar-refractivity contribution < 1.29 is 22.6 Å². The quantitative estimate of drug-likeness (QED) is 0.466. The van der Waals surface area contributed by atoms with Crippen LogP contribution in [0.2, 0.25) is 0 Å². The molecule has 0 fully saturated rings. The fraction of sp³-hybridized carbons (Fsp3) is 0.318. The summed E-state index contributed by atoms with van der Waals surface area (Å²) < 4.78 is 44.6. The Labute approximate surface area is 177 Å². The monoisotopic (exact) mass is 430 g/mol. The first-order valence-electron chi connectivity index (χ1n) is 9.91. The standard InChI is InChI=1S/C22H26N2O5S/c1-3-27-19-12-11-18(16-21(19)28-4-2)30(25,26)24-14-7-15-29-20-10-5-8-17-9-6-13-23-22(17)20/h5-6,8-13,16,24H,3-4,7,14-15H2,1-2H3. The number of hydrogen-bond donors (Lipinski definition) is 1. The van der Waals surface area contributed by atoms with Gasteiger partial charge in [-0.05, 0) is 44.5 Å². The summed E-state index contributed by atoms with van der Waals surface area (Å²) >= 11 is 0. The van der Waals surface area contributed by atoms with Crippen LogP contribution in [0.15, 0.2) is 59.6 Å². The van der Waals surface area contributed by atoms with Crippen LogP contribution in [0.25, 0.3) is 10.9 Å². The summed E-state index contributed by atoms with van der Waals surface area (Å²) in [5.41, 5.74) is 0.790. The van der Waals surface area contributed by atoms with E-state index in [4.69, 9.17) is 14.2 Å². The van der Waals surface area contributed by atoms with Gasteiger partial charge in [-0.2, -0.15) is 0 Å². The Morgan fingerprint density at radius 3 is 2.47 bits per heavy atom. The van der Waals surface area contributed by atoms with Gasteiger partial charge in [0, 0.05) is 24.2 Å². The molecule has 0 atom stereocenters. The molecule has 0 bridgehead atoms. The van der Waals surface area contributed by atoms with Crippen LogP contribution in [0, 0.1) is 0 Å². The normalized spacial score (nSPS) is 11.4. The molecule has 8 heteroatoms. The predicted octanol–water partition coefficient (Wildman–Crippen LogP) is 3.78. The van der Waals surface area contributed by atoms with E-state index in [1.165, 1.54) is 12.1 Å². The molecular formula is C22H26N2O5S. The maximum Gasteiger partial charge on any atom is 0.240 e. The maximum atomic E-state index is 12.6. The third-order valence-corrected chi connectivity index (χ3v) is 5.75. The molecule has 3 rings (SSSR count). The first-order chi connectivity index (χ1) is 14.5. The SMILES string of the molecule is CCOc1ccc(S(=O)(=O)NCCCOc2cccc3cccnc23)cc1OCC. The number of para-hydroxylation sites is 1. The maximum absolute atomic E-state index is 12.6. The highest BCUT2D eigenvalue weighted by molar-refractivity contribution is 7.89. The number of rotatable bonds is 11. The lowest BCUT2D eigenvalue weighted by molar-refractivity contribution is 0.287. The zero-order valence-corrected chi connectivity index (χ0v) is 17.9. The predicted molar refractivity (Wildman–Crippen MR) is 116 cm³/mol. The highest BCUT2D eigenvalue weighted by Crippen LogP contribution is 2.30. The van der Waals surface area contributed by atoms with Crippen molar-refractivity contribution in [2.45, 2.75) is 25.2 Å². The van der Waals surface area contributed by atoms with E-state index in [9.17, 15) is 8.42 Å². The van der Waals surface area contributed by atoms with E-state index in [0.717, 1.165) is 10.9 Å². The molecule has 0 saturated heterocycles. The highest BCUT2D eigenvalue weighted by Gasteiger charge is 2.17. The number of nitrogens with one attached hydrogen (secondary N) is 1. The zero-order valence-electron chi connectivity index (χ0n) is 17.1. The summed E-state index contributed by atoms with van der Waals surface area (Å²) in [7, 11) is -3.67. The summed E-state index contributed by atoms with van der Waals surface area (Å²) in [5.74, 6) is 1.62. The Kier molecular flexibility index (Phi) is 7.48. The minimum absolute atomic E-state index is 0.133. The van der Waals surface area contributed by atoms with Crippen molar-refractivity contribution in [3.63, 3.8) is 0 Å². The van der Waals surface area contributed by atoms with Gasteiger partial charge in [0.1, 0.15) is 11.3 Å². The number of nitrogens with zero attached hydrogens (tertiary/aromatic N) is 1. The Bertz CT molecular complexity index is 1080. The molecule has 0 spiro atoms. The van der Waals surface area contributed by atoms with Gasteiger partial charge in [-0.1, -0.05) is 18.2 Å². The minimum atomic E-state index is -3.67. The fourth-order valence-electron chi connectivity index (χ4n) is 2.94. The lowest BCUT2D eigenvalue weighted by Gasteiger charge is -2.13. The van der Waals surface area contributed by atoms with Crippen LogP contribution in [0.1, 0.15) is 20.3 Å². The van der Waals surface area contributed by atoms with Crippen molar-refractivity contribution >= 4 is 20.9 Å². The second-order valence-corrected chi connectivity index (χ2v) is 8.17. The molecule has 30 heavy (non-hydrogen) atoms. The summed E-state index contributed by atoms with van der Waals surface area (Å²) in [6, 6.07) is 14.2. The van der Waals surface area contributed by atoms with Gasteiger partial charge in [-0.3, -0.25) is 4.98 Å². The molecule has 0 radical (unpaired) electrons. The third-order valence-electron chi connectivity index (χ3n) is 4.29. The summed E-state index contributed by atoms with van der Waals surface area (Å²) in [4.78, 5) is 4.48. The van der Waals surface area contributed by atoms with Crippen LogP contribution in [0.5, 0.6) is 17.2 Å². The lowest BCUT2D eigenvalue weighted by Crippen LogP contribution is -2.26. The number of hydrogen-bond acceptors (Lipinski definition) is 6. The van der Waals surface area contributed by atoms with Gasteiger partial charge in [0.15, 0.2) is 11.5 Å². The molecule has 0 amide bonds. The van der Waals surface area contributed by atoms with E-state index >= 15 is 0 Å². The molecule has 1 heterocycles. The summed E-state index contributed by atoms with van der Waals surface area (Å²) in [6.07, 6.45) is 2.23. The topological polar surface area (TPSA) is 86.8 Å². The summed E-state index contributed by atoms with van der Waals surface area (Å²) in [6.45, 7) is 5.19. The van der Waals surface area contributed by atoms with E-state index in [1.54, 1.807) is 12.3 Å². The van der Waals surface area contributed by atoms with E-state index in [-0.39, 0.29) is 11.4 Å². The first-order valence-corrected chi connectivity index (χ1v) is 11.4. The molecule has 0 aliphatic rings. The first kappa shape index (κ1) is 21.9. The highest BCUT2D eigenvalue weighted by atomic mass is 32.2. The Balaban J connectivity index is 1.57. The van der Waals surface area contributed by atoms with Crippen molar-refractivity contribution in [2.24, 2.45) is 0 Å². The van der Waals surface area contributed by atoms with E-state index in [0.29, 0.717) is 43.5 Å². The van der Waals surface area contributed by atoms with Crippen LogP contribution in [0.4, 0.5) is 0 Å². The zero-order chi connectivity index (χ0) is 21.4. The van der Waals surface area contributed by atoms with Gasteiger partial charge in [0.2, 0.25) is 10.0 Å². The number of sulfonamides is 1. The van der Waals surface area contributed by atoms with Gasteiger partial charge in [0.25, 0.3) is 0 Å². The van der Waals surface area contributed by atoms with Crippen LogP contribution < -0.4 is 18.9 Å². The third kappa shape index (κ3) is 5.40. The average molecular weight is 431 g/mol. The minimum Gasteiger partial charge on any atom is -0.491 e. The Morgan fingerprint density at radius 1 is 0.900 bits per heavy atom. The molecule has 0 saturated carbocycles. The summed E-state index contributed by atoms with van der Waals surface area (Å²) in [5, 5.41) is 0.997. The Hall–Kier alpha value is -2.84. The van der Waals surface area contributed by atoms with Crippen LogP contribution in [-0.4, -0.2) is 39.8 Å². The average Bonchev–Trinajstić information content (AvgIpc) is 2.75. The molecule has 0 unspecified atom stereocenters. The smallest absolute Gasteiger partial charge is 0.240 e. The van der Waals surface area contributed by atoms with Gasteiger partial charge in [-0.25, -0.2) is 13.1 Å². The molecule has 1 aromatic heterocycles. The van der Waals surface area contributed by atoms with Crippen molar-refractivity contribution in [1.82, 2.24) is 9.71 Å². The molecule has 2 aromatic carbocycles. The number of benzene rings is 2. The van der Waals surface area contributed by atoms with Crippen LogP contribution in [-0.2, 0) is 10.0 Å². The molecule has 7 nitrogen and oxygen atoms in total. The number of fused-ring (bicyclic) bond motifs is 1. The van der Waals surface area contributed by atoms with E-state index < -0.39 is 10.0 Å². The Morgan fingerprint density at radius 2 is 1.67 bits per heavy atom.